The van der Waals surface area contributed by atoms with Gasteiger partial charge < -0.3 is 29.2 Å². The number of carboxylic acid groups (broad SMARTS) is 2. The second kappa shape index (κ2) is 8.11. The summed E-state index contributed by atoms with van der Waals surface area (Å²) in [5.74, 6) is -3.64. The summed E-state index contributed by atoms with van der Waals surface area (Å²) in [5.41, 5.74) is -0.402. The molecule has 0 saturated carbocycles. The molecule has 0 spiro atoms. The molecule has 0 bridgehead atoms. The predicted octanol–water partition coefficient (Wildman–Crippen LogP) is 2.69. The van der Waals surface area contributed by atoms with E-state index < -0.39 is 23.1 Å². The van der Waals surface area contributed by atoms with E-state index in [-0.39, 0.29) is 29.6 Å². The Labute approximate surface area is 149 Å². The molecule has 0 amide bonds. The van der Waals surface area contributed by atoms with Gasteiger partial charge in [0.1, 0.15) is 17.7 Å². The largest absolute Gasteiger partial charge is 0.492 e. The summed E-state index contributed by atoms with van der Waals surface area (Å²) in [5, 5.41) is 19.1. The Morgan fingerprint density at radius 1 is 0.769 bits per heavy atom. The maximum Gasteiger partial charge on any atom is 0.340 e. The second-order valence-corrected chi connectivity index (χ2v) is 5.06. The Balaban J connectivity index is 2.72. The molecule has 0 aliphatic carbocycles. The number of rotatable bonds is 8. The van der Waals surface area contributed by atoms with Crippen molar-refractivity contribution in [3.63, 3.8) is 0 Å². The van der Waals surface area contributed by atoms with Crippen LogP contribution in [0.4, 0.5) is 0 Å². The Kier molecular flexibility index (Phi) is 5.90. The average molecular weight is 362 g/mol. The van der Waals surface area contributed by atoms with Crippen LogP contribution in [0.25, 0.3) is 0 Å². The van der Waals surface area contributed by atoms with Crippen molar-refractivity contribution in [2.75, 3.05) is 21.3 Å². The lowest BCUT2D eigenvalue weighted by Gasteiger charge is -2.20. The van der Waals surface area contributed by atoms with E-state index in [1.807, 2.05) is 6.07 Å². The fourth-order valence-corrected chi connectivity index (χ4v) is 2.50. The third kappa shape index (κ3) is 3.49. The number of benzene rings is 2. The van der Waals surface area contributed by atoms with Crippen molar-refractivity contribution >= 4 is 11.9 Å². The van der Waals surface area contributed by atoms with Gasteiger partial charge in [0.15, 0.2) is 11.5 Å². The van der Waals surface area contributed by atoms with Crippen molar-refractivity contribution in [2.45, 2.75) is 6.61 Å². The minimum atomic E-state index is -1.50. The lowest BCUT2D eigenvalue weighted by molar-refractivity contribution is 0.0642. The molecule has 0 atom stereocenters. The first-order valence-corrected chi connectivity index (χ1v) is 7.45. The normalized spacial score (nSPS) is 10.1. The smallest absolute Gasteiger partial charge is 0.340 e. The SMILES string of the molecule is COc1c(OC)c(OCc2ccccc2)c(C(=O)O)c(C(=O)O)c1OC. The lowest BCUT2D eigenvalue weighted by Crippen LogP contribution is -2.15. The standard InChI is InChI=1S/C18H18O8/c1-23-13-11(17(19)20)12(18(21)22)14(16(25-3)15(13)24-2)26-9-10-7-5-4-6-8-10/h4-8H,9H2,1-3H3,(H,19,20)(H,21,22). The van der Waals surface area contributed by atoms with Crippen LogP contribution in [0.3, 0.4) is 0 Å². The summed E-state index contributed by atoms with van der Waals surface area (Å²) in [4.78, 5) is 23.5. The van der Waals surface area contributed by atoms with E-state index >= 15 is 0 Å². The Bertz CT molecular complexity index is 814. The lowest BCUT2D eigenvalue weighted by atomic mass is 10.0. The van der Waals surface area contributed by atoms with Gasteiger partial charge in [-0.05, 0) is 5.56 Å². The van der Waals surface area contributed by atoms with Gasteiger partial charge in [-0.3, -0.25) is 0 Å². The van der Waals surface area contributed by atoms with E-state index in [4.69, 9.17) is 18.9 Å². The molecule has 0 saturated heterocycles. The van der Waals surface area contributed by atoms with Crippen molar-refractivity contribution in [1.29, 1.82) is 0 Å². The third-order valence-corrected chi connectivity index (χ3v) is 3.59. The first kappa shape index (κ1) is 18.9. The summed E-state index contributed by atoms with van der Waals surface area (Å²) in [7, 11) is 3.78. The number of carboxylic acids is 2. The minimum absolute atomic E-state index is 0.00597. The zero-order valence-electron chi connectivity index (χ0n) is 14.4. The molecule has 8 heteroatoms. The quantitative estimate of drug-likeness (QED) is 0.737. The maximum atomic E-state index is 11.8. The molecule has 0 aliphatic heterocycles. The molecular formula is C18H18O8. The van der Waals surface area contributed by atoms with Crippen molar-refractivity contribution in [2.24, 2.45) is 0 Å². The van der Waals surface area contributed by atoms with Crippen molar-refractivity contribution < 1.29 is 38.7 Å². The van der Waals surface area contributed by atoms with Gasteiger partial charge in [-0.1, -0.05) is 30.3 Å². The van der Waals surface area contributed by atoms with Gasteiger partial charge >= 0.3 is 11.9 Å². The van der Waals surface area contributed by atoms with Gasteiger partial charge in [0, 0.05) is 0 Å². The highest BCUT2D eigenvalue weighted by Crippen LogP contribution is 2.49. The minimum Gasteiger partial charge on any atom is -0.492 e. The van der Waals surface area contributed by atoms with Crippen LogP contribution in [0, 0.1) is 0 Å². The first-order valence-electron chi connectivity index (χ1n) is 7.45. The van der Waals surface area contributed by atoms with Gasteiger partial charge in [0.25, 0.3) is 0 Å². The first-order chi connectivity index (χ1) is 12.5. The molecule has 2 aromatic carbocycles. The van der Waals surface area contributed by atoms with Crippen molar-refractivity contribution in [3.8, 4) is 23.0 Å². The number of hydrogen-bond acceptors (Lipinski definition) is 6. The number of ether oxygens (including phenoxy) is 4. The molecule has 8 nitrogen and oxygen atoms in total. The highest BCUT2D eigenvalue weighted by molar-refractivity contribution is 6.07. The molecule has 0 unspecified atom stereocenters. The molecule has 26 heavy (non-hydrogen) atoms. The Hall–Kier alpha value is -3.42. The molecule has 0 fully saturated rings. The molecule has 0 radical (unpaired) electrons. The van der Waals surface area contributed by atoms with E-state index in [1.54, 1.807) is 24.3 Å². The summed E-state index contributed by atoms with van der Waals surface area (Å²) >= 11 is 0. The molecular weight excluding hydrogens is 344 g/mol. The van der Waals surface area contributed by atoms with Crippen LogP contribution in [0.5, 0.6) is 23.0 Å². The predicted molar refractivity (Wildman–Crippen MR) is 90.8 cm³/mol. The van der Waals surface area contributed by atoms with E-state index in [0.717, 1.165) is 5.56 Å². The molecule has 0 aromatic heterocycles. The van der Waals surface area contributed by atoms with Crippen LogP contribution in [0.1, 0.15) is 26.3 Å². The fourth-order valence-electron chi connectivity index (χ4n) is 2.50. The highest BCUT2D eigenvalue weighted by Gasteiger charge is 2.34. The van der Waals surface area contributed by atoms with E-state index in [9.17, 15) is 19.8 Å². The van der Waals surface area contributed by atoms with Crippen LogP contribution < -0.4 is 18.9 Å². The fraction of sp³-hybridized carbons (Fsp3) is 0.222. The number of carbonyl (C=O) groups is 2. The zero-order valence-corrected chi connectivity index (χ0v) is 14.4. The highest BCUT2D eigenvalue weighted by atomic mass is 16.5. The van der Waals surface area contributed by atoms with Crippen LogP contribution >= 0.6 is 0 Å². The summed E-state index contributed by atoms with van der Waals surface area (Å²) in [6, 6.07) is 8.99. The summed E-state index contributed by atoms with van der Waals surface area (Å²) in [6.45, 7) is 0.00597. The third-order valence-electron chi connectivity index (χ3n) is 3.59. The van der Waals surface area contributed by atoms with Crippen molar-refractivity contribution in [3.05, 3.63) is 47.0 Å². The Morgan fingerprint density at radius 3 is 1.69 bits per heavy atom. The van der Waals surface area contributed by atoms with E-state index in [2.05, 4.69) is 0 Å². The monoisotopic (exact) mass is 362 g/mol. The molecule has 138 valence electrons. The van der Waals surface area contributed by atoms with Crippen LogP contribution in [-0.2, 0) is 6.61 Å². The topological polar surface area (TPSA) is 112 Å². The molecule has 0 aliphatic rings. The van der Waals surface area contributed by atoms with Gasteiger partial charge in [0.05, 0.1) is 21.3 Å². The van der Waals surface area contributed by atoms with Gasteiger partial charge in [-0.15, -0.1) is 0 Å². The molecule has 0 heterocycles. The average Bonchev–Trinajstić information content (AvgIpc) is 2.64. The summed E-state index contributed by atoms with van der Waals surface area (Å²) in [6.07, 6.45) is 0. The number of methoxy groups -OCH3 is 3. The second-order valence-electron chi connectivity index (χ2n) is 5.06. The van der Waals surface area contributed by atoms with Crippen LogP contribution in [-0.4, -0.2) is 43.5 Å². The van der Waals surface area contributed by atoms with Crippen LogP contribution in [0.15, 0.2) is 30.3 Å². The maximum absolute atomic E-state index is 11.8. The number of aromatic carboxylic acids is 2. The van der Waals surface area contributed by atoms with Crippen molar-refractivity contribution in [1.82, 2.24) is 0 Å². The van der Waals surface area contributed by atoms with Gasteiger partial charge in [-0.25, -0.2) is 9.59 Å². The molecule has 2 aromatic rings. The van der Waals surface area contributed by atoms with E-state index in [0.29, 0.717) is 0 Å². The van der Waals surface area contributed by atoms with Gasteiger partial charge in [-0.2, -0.15) is 0 Å². The van der Waals surface area contributed by atoms with Crippen LogP contribution in [0.2, 0.25) is 0 Å². The van der Waals surface area contributed by atoms with E-state index in [1.165, 1.54) is 21.3 Å². The number of hydrogen-bond donors (Lipinski definition) is 2. The zero-order chi connectivity index (χ0) is 19.3. The Morgan fingerprint density at radius 2 is 1.23 bits per heavy atom. The molecule has 2 N–H and O–H groups in total. The molecule has 2 rings (SSSR count). The summed E-state index contributed by atoms with van der Waals surface area (Å²) < 4.78 is 21.1. The van der Waals surface area contributed by atoms with Gasteiger partial charge in [0.2, 0.25) is 11.5 Å².